The number of halogens is 1. The van der Waals surface area contributed by atoms with E-state index in [0.717, 1.165) is 38.2 Å². The molecule has 0 saturated heterocycles. The number of hydrogen-bond donors (Lipinski definition) is 1. The van der Waals surface area contributed by atoms with Crippen molar-refractivity contribution >= 4 is 37.4 Å². The standard InChI is InChI=1S/C27H40BrO3P/c1-31-22-24-32(28,25-17-11-9-12-18-25,26-19-13-10-14-20-26)23-16-8-6-4-2-3-5-7-15-21-27(29)30/h9-14,17-20H,2-8,15-16,21-24H2,1H3,(H,29,30). The maximum absolute atomic E-state index is 10.6. The van der Waals surface area contributed by atoms with Crippen LogP contribution in [0.25, 0.3) is 0 Å². The van der Waals surface area contributed by atoms with Gasteiger partial charge in [-0.15, -0.1) is 0 Å². The molecule has 0 atom stereocenters. The molecule has 0 unspecified atom stereocenters. The van der Waals surface area contributed by atoms with Gasteiger partial charge in [0.05, 0.1) is 0 Å². The summed E-state index contributed by atoms with van der Waals surface area (Å²) < 4.78 is 5.59. The molecular weight excluding hydrogens is 483 g/mol. The number of unbranched alkanes of at least 4 members (excludes halogenated alkanes) is 8. The molecule has 1 N–H and O–H groups in total. The summed E-state index contributed by atoms with van der Waals surface area (Å²) >= 11 is 4.45. The van der Waals surface area contributed by atoms with Crippen LogP contribution in [0.15, 0.2) is 60.7 Å². The molecule has 0 amide bonds. The fourth-order valence-corrected chi connectivity index (χ4v) is 11.9. The Balaban J connectivity index is 1.93. The number of carboxylic acids is 1. The van der Waals surface area contributed by atoms with Crippen molar-refractivity contribution in [2.75, 3.05) is 26.0 Å². The van der Waals surface area contributed by atoms with Crippen LogP contribution in [0.3, 0.4) is 0 Å². The molecule has 32 heavy (non-hydrogen) atoms. The second-order valence-electron chi connectivity index (χ2n) is 8.81. The van der Waals surface area contributed by atoms with Gasteiger partial charge in [0.2, 0.25) is 0 Å². The minimum absolute atomic E-state index is 0.310. The molecule has 0 aliphatic rings. The average molecular weight is 523 g/mol. The van der Waals surface area contributed by atoms with Crippen molar-refractivity contribution in [1.82, 2.24) is 0 Å². The first-order valence-electron chi connectivity index (χ1n) is 12.0. The van der Waals surface area contributed by atoms with E-state index in [-0.39, 0.29) is 0 Å². The number of methoxy groups -OCH3 is 1. The zero-order valence-corrected chi connectivity index (χ0v) is 22.0. The van der Waals surface area contributed by atoms with Gasteiger partial charge in [-0.3, -0.25) is 4.79 Å². The number of carboxylic acid groups (broad SMARTS) is 1. The second kappa shape index (κ2) is 14.1. The molecule has 2 aromatic carbocycles. The van der Waals surface area contributed by atoms with Crippen LogP contribution in [0.2, 0.25) is 0 Å². The molecule has 0 saturated carbocycles. The molecule has 0 aromatic heterocycles. The summed E-state index contributed by atoms with van der Waals surface area (Å²) in [5.41, 5.74) is 0. The molecule has 0 aliphatic heterocycles. The van der Waals surface area contributed by atoms with E-state index >= 15 is 0 Å². The minimum atomic E-state index is -2.53. The fourth-order valence-electron chi connectivity index (χ4n) is 4.55. The first kappa shape index (κ1) is 27.0. The van der Waals surface area contributed by atoms with E-state index in [1.807, 2.05) is 0 Å². The first-order chi connectivity index (χ1) is 15.5. The van der Waals surface area contributed by atoms with Crippen LogP contribution in [-0.2, 0) is 9.53 Å². The van der Waals surface area contributed by atoms with Gasteiger partial charge in [0.25, 0.3) is 0 Å². The van der Waals surface area contributed by atoms with Crippen molar-refractivity contribution in [2.45, 2.75) is 64.2 Å². The fraction of sp³-hybridized carbons (Fsp3) is 0.519. The van der Waals surface area contributed by atoms with E-state index in [1.165, 1.54) is 49.1 Å². The number of hydrogen-bond acceptors (Lipinski definition) is 2. The Kier molecular flexibility index (Phi) is 11.9. The Hall–Kier alpha value is -1.22. The number of aliphatic carboxylic acids is 1. The van der Waals surface area contributed by atoms with Crippen molar-refractivity contribution < 1.29 is 14.6 Å². The van der Waals surface area contributed by atoms with E-state index in [0.29, 0.717) is 6.42 Å². The van der Waals surface area contributed by atoms with E-state index in [2.05, 4.69) is 76.2 Å². The van der Waals surface area contributed by atoms with Gasteiger partial charge in [0.1, 0.15) is 0 Å². The molecule has 0 bridgehead atoms. The van der Waals surface area contributed by atoms with Gasteiger partial charge in [-0.25, -0.2) is 0 Å². The summed E-state index contributed by atoms with van der Waals surface area (Å²) in [4.78, 5) is 10.6. The third-order valence-electron chi connectivity index (χ3n) is 6.47. The van der Waals surface area contributed by atoms with Crippen molar-refractivity contribution in [2.24, 2.45) is 0 Å². The Morgan fingerprint density at radius 2 is 1.19 bits per heavy atom. The van der Waals surface area contributed by atoms with Crippen LogP contribution in [0.5, 0.6) is 0 Å². The topological polar surface area (TPSA) is 46.5 Å². The van der Waals surface area contributed by atoms with Crippen molar-refractivity contribution in [3.05, 3.63) is 60.7 Å². The van der Waals surface area contributed by atoms with Crippen LogP contribution >= 0.6 is 20.8 Å². The zero-order valence-electron chi connectivity index (χ0n) is 19.6. The van der Waals surface area contributed by atoms with Crippen molar-refractivity contribution in [1.29, 1.82) is 0 Å². The molecule has 178 valence electrons. The molecule has 2 rings (SSSR count). The predicted octanol–water partition coefficient (Wildman–Crippen LogP) is 7.13. The monoisotopic (exact) mass is 522 g/mol. The van der Waals surface area contributed by atoms with E-state index in [1.54, 1.807) is 7.11 Å². The molecule has 0 radical (unpaired) electrons. The first-order valence-corrected chi connectivity index (χ1v) is 16.7. The van der Waals surface area contributed by atoms with Gasteiger partial charge in [-0.1, -0.05) is 0 Å². The second-order valence-corrected chi connectivity index (χ2v) is 18.6. The molecule has 3 nitrogen and oxygen atoms in total. The van der Waals surface area contributed by atoms with Crippen molar-refractivity contribution in [3.63, 3.8) is 0 Å². The quantitative estimate of drug-likeness (QED) is 0.177. The number of carbonyl (C=O) groups is 1. The molecule has 2 aromatic rings. The summed E-state index contributed by atoms with van der Waals surface area (Å²) in [6.45, 7) is 0.745. The summed E-state index contributed by atoms with van der Waals surface area (Å²) in [6.07, 6.45) is 12.9. The van der Waals surface area contributed by atoms with Gasteiger partial charge < -0.3 is 5.11 Å². The Morgan fingerprint density at radius 1 is 0.750 bits per heavy atom. The summed E-state index contributed by atoms with van der Waals surface area (Å²) in [6, 6.07) is 22.0. The van der Waals surface area contributed by atoms with Gasteiger partial charge in [-0.2, -0.15) is 0 Å². The third-order valence-corrected chi connectivity index (χ3v) is 16.4. The van der Waals surface area contributed by atoms with Crippen LogP contribution in [0.4, 0.5) is 0 Å². The summed E-state index contributed by atoms with van der Waals surface area (Å²) in [5, 5.41) is 9.00. The van der Waals surface area contributed by atoms with E-state index in [9.17, 15) is 4.79 Å². The zero-order chi connectivity index (χ0) is 23.1. The number of benzene rings is 2. The van der Waals surface area contributed by atoms with Crippen LogP contribution in [0.1, 0.15) is 64.2 Å². The molecular formula is C27H40BrO3P. The van der Waals surface area contributed by atoms with Crippen LogP contribution in [0, 0.1) is 0 Å². The maximum atomic E-state index is 10.6. The van der Waals surface area contributed by atoms with Gasteiger partial charge in [-0.05, 0) is 0 Å². The van der Waals surface area contributed by atoms with Gasteiger partial charge >= 0.3 is 193 Å². The summed E-state index contributed by atoms with van der Waals surface area (Å²) in [5.74, 6) is -0.675. The van der Waals surface area contributed by atoms with Crippen LogP contribution < -0.4 is 10.6 Å². The summed E-state index contributed by atoms with van der Waals surface area (Å²) in [7, 11) is 1.80. The molecule has 0 aliphatic carbocycles. The number of rotatable bonds is 17. The van der Waals surface area contributed by atoms with Crippen molar-refractivity contribution in [3.8, 4) is 0 Å². The Bertz CT molecular complexity index is 743. The SMILES string of the molecule is COCCP(Br)(CCCCCCCCCCCC(=O)O)(c1ccccc1)c1ccccc1. The molecule has 0 spiro atoms. The molecule has 5 heteroatoms. The predicted molar refractivity (Wildman–Crippen MR) is 143 cm³/mol. The number of ether oxygens (including phenoxy) is 1. The normalized spacial score (nSPS) is 12.9. The van der Waals surface area contributed by atoms with Gasteiger partial charge in [0.15, 0.2) is 0 Å². The molecule has 0 heterocycles. The van der Waals surface area contributed by atoms with Crippen LogP contribution in [-0.4, -0.2) is 37.1 Å². The Labute approximate surface area is 202 Å². The van der Waals surface area contributed by atoms with E-state index < -0.39 is 11.3 Å². The van der Waals surface area contributed by atoms with Gasteiger partial charge in [0, 0.05) is 0 Å². The Morgan fingerprint density at radius 3 is 1.62 bits per heavy atom. The average Bonchev–Trinajstić information content (AvgIpc) is 2.82. The molecule has 0 fully saturated rings. The van der Waals surface area contributed by atoms with E-state index in [4.69, 9.17) is 9.84 Å². The third kappa shape index (κ3) is 7.97.